The summed E-state index contributed by atoms with van der Waals surface area (Å²) in [6.45, 7) is 7.84. The molecule has 3 heteroatoms. The molecule has 18 heavy (non-hydrogen) atoms. The molecule has 0 saturated heterocycles. The van der Waals surface area contributed by atoms with E-state index in [1.165, 1.54) is 12.1 Å². The molecule has 0 bridgehead atoms. The molecular formula is C15H22F2O. The molecule has 0 aliphatic heterocycles. The zero-order chi connectivity index (χ0) is 13.9. The molecular weight excluding hydrogens is 234 g/mol. The van der Waals surface area contributed by atoms with Crippen LogP contribution in [-0.2, 0) is 5.60 Å². The first-order chi connectivity index (χ1) is 8.26. The largest absolute Gasteiger partial charge is 0.385 e. The summed E-state index contributed by atoms with van der Waals surface area (Å²) < 4.78 is 27.2. The number of benzene rings is 1. The second kappa shape index (κ2) is 5.79. The van der Waals surface area contributed by atoms with Gasteiger partial charge in [0.2, 0.25) is 0 Å². The smallest absolute Gasteiger partial charge is 0.164 e. The Morgan fingerprint density at radius 3 is 2.00 bits per heavy atom. The van der Waals surface area contributed by atoms with Gasteiger partial charge >= 0.3 is 0 Å². The van der Waals surface area contributed by atoms with Crippen LogP contribution in [0, 0.1) is 23.5 Å². The van der Waals surface area contributed by atoms with Crippen LogP contribution < -0.4 is 0 Å². The molecule has 1 rings (SSSR count). The third-order valence-corrected chi connectivity index (χ3v) is 2.94. The molecule has 0 amide bonds. The Morgan fingerprint density at radius 2 is 1.56 bits per heavy atom. The van der Waals surface area contributed by atoms with Crippen molar-refractivity contribution >= 4 is 0 Å². The predicted octanol–water partition coefficient (Wildman–Crippen LogP) is 4.24. The molecule has 0 saturated carbocycles. The minimum absolute atomic E-state index is 0.0740. The minimum atomic E-state index is -1.30. The highest BCUT2D eigenvalue weighted by atomic mass is 19.2. The molecule has 0 aromatic heterocycles. The summed E-state index contributed by atoms with van der Waals surface area (Å²) in [6.07, 6.45) is 0.844. The van der Waals surface area contributed by atoms with Gasteiger partial charge in [0.15, 0.2) is 11.6 Å². The van der Waals surface area contributed by atoms with E-state index in [9.17, 15) is 13.9 Å². The van der Waals surface area contributed by atoms with Gasteiger partial charge in [-0.3, -0.25) is 0 Å². The van der Waals surface area contributed by atoms with E-state index in [-0.39, 0.29) is 17.4 Å². The first-order valence-corrected chi connectivity index (χ1v) is 6.43. The highest BCUT2D eigenvalue weighted by molar-refractivity contribution is 5.25. The van der Waals surface area contributed by atoms with Crippen LogP contribution in [0.15, 0.2) is 18.2 Å². The molecule has 0 atom stereocenters. The topological polar surface area (TPSA) is 20.2 Å². The second-order valence-corrected chi connectivity index (χ2v) is 5.83. The molecule has 102 valence electrons. The molecule has 0 spiro atoms. The Hall–Kier alpha value is -0.960. The van der Waals surface area contributed by atoms with Gasteiger partial charge in [0.05, 0.1) is 5.60 Å². The highest BCUT2D eigenvalue weighted by Crippen LogP contribution is 2.36. The fourth-order valence-electron chi connectivity index (χ4n) is 2.52. The lowest BCUT2D eigenvalue weighted by atomic mass is 9.79. The lowest BCUT2D eigenvalue weighted by molar-refractivity contribution is -0.00808. The molecule has 0 radical (unpaired) electrons. The summed E-state index contributed by atoms with van der Waals surface area (Å²) in [7, 11) is 0. The summed E-state index contributed by atoms with van der Waals surface area (Å²) in [4.78, 5) is 0. The molecule has 0 aliphatic carbocycles. The van der Waals surface area contributed by atoms with Crippen molar-refractivity contribution in [3.63, 3.8) is 0 Å². The number of rotatable bonds is 5. The summed E-state index contributed by atoms with van der Waals surface area (Å²) in [5, 5.41) is 10.7. The van der Waals surface area contributed by atoms with E-state index < -0.39 is 17.2 Å². The average molecular weight is 256 g/mol. The van der Waals surface area contributed by atoms with E-state index in [4.69, 9.17) is 0 Å². The van der Waals surface area contributed by atoms with Gasteiger partial charge in [-0.05, 0) is 30.7 Å². The monoisotopic (exact) mass is 256 g/mol. The standard InChI is InChI=1S/C15H22F2O/c1-10(2)8-15(18,9-11(3)4)12-6-5-7-13(16)14(12)17/h5-7,10-11,18H,8-9H2,1-4H3. The number of halogens is 2. The Kier molecular flexibility index (Phi) is 4.85. The summed E-state index contributed by atoms with van der Waals surface area (Å²) in [5.74, 6) is -1.42. The molecule has 1 N–H and O–H groups in total. The fourth-order valence-corrected chi connectivity index (χ4v) is 2.52. The van der Waals surface area contributed by atoms with Gasteiger partial charge in [-0.1, -0.05) is 39.8 Å². The van der Waals surface area contributed by atoms with Gasteiger partial charge in [0, 0.05) is 5.56 Å². The molecule has 0 aliphatic rings. The lowest BCUT2D eigenvalue weighted by Gasteiger charge is -2.32. The molecule has 0 unspecified atom stereocenters. The number of hydrogen-bond acceptors (Lipinski definition) is 1. The van der Waals surface area contributed by atoms with Crippen LogP contribution in [0.3, 0.4) is 0 Å². The summed E-state index contributed by atoms with van der Waals surface area (Å²) >= 11 is 0. The Labute approximate surface area is 108 Å². The van der Waals surface area contributed by atoms with Crippen molar-refractivity contribution in [1.82, 2.24) is 0 Å². The first-order valence-electron chi connectivity index (χ1n) is 6.43. The van der Waals surface area contributed by atoms with E-state index in [0.717, 1.165) is 6.07 Å². The van der Waals surface area contributed by atoms with Gasteiger partial charge in [0.1, 0.15) is 0 Å². The van der Waals surface area contributed by atoms with Crippen molar-refractivity contribution in [1.29, 1.82) is 0 Å². The SMILES string of the molecule is CC(C)CC(O)(CC(C)C)c1cccc(F)c1F. The maximum atomic E-state index is 13.9. The van der Waals surface area contributed by atoms with Crippen molar-refractivity contribution in [2.75, 3.05) is 0 Å². The van der Waals surface area contributed by atoms with Gasteiger partial charge in [0.25, 0.3) is 0 Å². The van der Waals surface area contributed by atoms with Crippen LogP contribution in [0.25, 0.3) is 0 Å². The minimum Gasteiger partial charge on any atom is -0.385 e. The maximum absolute atomic E-state index is 13.9. The second-order valence-electron chi connectivity index (χ2n) is 5.83. The molecule has 1 aromatic carbocycles. The lowest BCUT2D eigenvalue weighted by Crippen LogP contribution is -2.31. The molecule has 0 heterocycles. The zero-order valence-electron chi connectivity index (χ0n) is 11.5. The average Bonchev–Trinajstić information content (AvgIpc) is 2.19. The van der Waals surface area contributed by atoms with Gasteiger partial charge in [-0.25, -0.2) is 8.78 Å². The van der Waals surface area contributed by atoms with Crippen LogP contribution >= 0.6 is 0 Å². The van der Waals surface area contributed by atoms with Gasteiger partial charge in [-0.2, -0.15) is 0 Å². The van der Waals surface area contributed by atoms with E-state index in [0.29, 0.717) is 12.8 Å². The Bertz CT molecular complexity index is 389. The number of aliphatic hydroxyl groups is 1. The van der Waals surface area contributed by atoms with Crippen molar-refractivity contribution in [3.8, 4) is 0 Å². The van der Waals surface area contributed by atoms with E-state index >= 15 is 0 Å². The first kappa shape index (κ1) is 15.1. The maximum Gasteiger partial charge on any atom is 0.164 e. The van der Waals surface area contributed by atoms with Crippen LogP contribution in [0.2, 0.25) is 0 Å². The van der Waals surface area contributed by atoms with Crippen molar-refractivity contribution in [2.45, 2.75) is 46.1 Å². The van der Waals surface area contributed by atoms with Crippen LogP contribution in [0.4, 0.5) is 8.78 Å². The highest BCUT2D eigenvalue weighted by Gasteiger charge is 2.34. The normalized spacial score (nSPS) is 12.5. The Balaban J connectivity index is 3.20. The van der Waals surface area contributed by atoms with Gasteiger partial charge in [-0.15, -0.1) is 0 Å². The Morgan fingerprint density at radius 1 is 1.06 bits per heavy atom. The molecule has 0 fully saturated rings. The predicted molar refractivity (Wildman–Crippen MR) is 69.2 cm³/mol. The van der Waals surface area contributed by atoms with Gasteiger partial charge < -0.3 is 5.11 Å². The quantitative estimate of drug-likeness (QED) is 0.835. The van der Waals surface area contributed by atoms with Crippen molar-refractivity contribution in [3.05, 3.63) is 35.4 Å². The fraction of sp³-hybridized carbons (Fsp3) is 0.600. The van der Waals surface area contributed by atoms with Crippen molar-refractivity contribution in [2.24, 2.45) is 11.8 Å². The molecule has 1 nitrogen and oxygen atoms in total. The van der Waals surface area contributed by atoms with Crippen LogP contribution in [-0.4, -0.2) is 5.11 Å². The van der Waals surface area contributed by atoms with Crippen LogP contribution in [0.5, 0.6) is 0 Å². The summed E-state index contributed by atoms with van der Waals surface area (Å²) in [5.41, 5.74) is -1.22. The third kappa shape index (κ3) is 3.52. The van der Waals surface area contributed by atoms with Crippen LogP contribution in [0.1, 0.15) is 46.1 Å². The number of hydrogen-bond donors (Lipinski definition) is 1. The summed E-state index contributed by atoms with van der Waals surface area (Å²) in [6, 6.07) is 3.99. The van der Waals surface area contributed by atoms with E-state index in [2.05, 4.69) is 0 Å². The van der Waals surface area contributed by atoms with Crippen molar-refractivity contribution < 1.29 is 13.9 Å². The third-order valence-electron chi connectivity index (χ3n) is 2.94. The zero-order valence-corrected chi connectivity index (χ0v) is 11.5. The van der Waals surface area contributed by atoms with E-state index in [1.54, 1.807) is 0 Å². The molecule has 1 aromatic rings. The van der Waals surface area contributed by atoms with E-state index in [1.807, 2.05) is 27.7 Å².